The maximum Gasteiger partial charge on any atom is 0.257 e. The number of aromatic nitrogens is 2. The number of H-pyrrole nitrogens is 1. The predicted molar refractivity (Wildman–Crippen MR) is 147 cm³/mol. The molecule has 0 aliphatic heterocycles. The molecule has 1 N–H and O–H groups in total. The van der Waals surface area contributed by atoms with Crippen molar-refractivity contribution in [3.05, 3.63) is 18.2 Å². The van der Waals surface area contributed by atoms with Gasteiger partial charge >= 0.3 is 0 Å². The van der Waals surface area contributed by atoms with Crippen molar-refractivity contribution < 1.29 is 4.57 Å². The van der Waals surface area contributed by atoms with Crippen LogP contribution in [-0.4, -0.2) is 4.98 Å². The largest absolute Gasteiger partial charge is 0.257 e. The van der Waals surface area contributed by atoms with Crippen molar-refractivity contribution in [2.75, 3.05) is 0 Å². The lowest BCUT2D eigenvalue weighted by Gasteiger charge is -2.17. The average molecular weight is 462 g/mol. The van der Waals surface area contributed by atoms with Gasteiger partial charge in [-0.05, 0) is 32.6 Å². The SMILES string of the molecule is CCCCCCCCCCCCCC(C)[n+]1cc[nH]c1C(CCCCCC)CCCCCC. The van der Waals surface area contributed by atoms with Crippen LogP contribution in [0, 0.1) is 0 Å². The smallest absolute Gasteiger partial charge is 0.247 e. The molecule has 194 valence electrons. The summed E-state index contributed by atoms with van der Waals surface area (Å²) < 4.78 is 2.60. The van der Waals surface area contributed by atoms with E-state index in [0.717, 1.165) is 0 Å². The fourth-order valence-electron chi connectivity index (χ4n) is 5.37. The Labute approximate surface area is 208 Å². The minimum absolute atomic E-state index is 0.624. The lowest BCUT2D eigenvalue weighted by molar-refractivity contribution is -0.727. The van der Waals surface area contributed by atoms with E-state index in [-0.39, 0.29) is 0 Å². The molecule has 1 unspecified atom stereocenters. The Morgan fingerprint density at radius 1 is 0.576 bits per heavy atom. The third-order valence-electron chi connectivity index (χ3n) is 7.64. The molecule has 0 amide bonds. The Morgan fingerprint density at radius 3 is 1.45 bits per heavy atom. The van der Waals surface area contributed by atoms with E-state index in [1.54, 1.807) is 0 Å². The topological polar surface area (TPSA) is 19.7 Å². The van der Waals surface area contributed by atoms with Crippen molar-refractivity contribution in [1.82, 2.24) is 4.98 Å². The Bertz CT molecular complexity index is 509. The molecule has 1 aromatic heterocycles. The number of unbranched alkanes of at least 4 members (excludes halogenated alkanes) is 16. The lowest BCUT2D eigenvalue weighted by Crippen LogP contribution is -2.41. The molecular weight excluding hydrogens is 400 g/mol. The number of imidazole rings is 1. The van der Waals surface area contributed by atoms with Crippen LogP contribution in [0.5, 0.6) is 0 Å². The quantitative estimate of drug-likeness (QED) is 0.117. The summed E-state index contributed by atoms with van der Waals surface area (Å²) in [6.45, 7) is 9.38. The van der Waals surface area contributed by atoms with E-state index in [1.165, 1.54) is 147 Å². The zero-order valence-corrected chi connectivity index (χ0v) is 23.3. The Kier molecular flexibility index (Phi) is 19.9. The van der Waals surface area contributed by atoms with Crippen LogP contribution in [0.3, 0.4) is 0 Å². The summed E-state index contributed by atoms with van der Waals surface area (Å²) in [5.41, 5.74) is 0. The maximum absolute atomic E-state index is 3.67. The molecule has 1 aromatic rings. The summed E-state index contributed by atoms with van der Waals surface area (Å²) >= 11 is 0. The molecule has 0 saturated carbocycles. The molecule has 0 aromatic carbocycles. The second-order valence-corrected chi connectivity index (χ2v) is 10.8. The molecule has 0 radical (unpaired) electrons. The molecule has 0 aliphatic rings. The van der Waals surface area contributed by atoms with Crippen molar-refractivity contribution in [2.45, 2.75) is 181 Å². The number of hydrogen-bond donors (Lipinski definition) is 1. The van der Waals surface area contributed by atoms with Crippen LogP contribution in [0.2, 0.25) is 0 Å². The standard InChI is InChI=1S/C31H60N2/c1-5-8-11-14-15-16-17-18-19-20-21-24-29(4)33-28-27-32-31(33)30(25-22-12-9-6-2)26-23-13-10-7-3/h27-30H,5-26H2,1-4H3/p+1. The fourth-order valence-corrected chi connectivity index (χ4v) is 5.37. The van der Waals surface area contributed by atoms with E-state index in [4.69, 9.17) is 0 Å². The fraction of sp³-hybridized carbons (Fsp3) is 0.903. The molecule has 2 nitrogen and oxygen atoms in total. The van der Waals surface area contributed by atoms with Crippen LogP contribution in [0.4, 0.5) is 0 Å². The van der Waals surface area contributed by atoms with E-state index in [9.17, 15) is 0 Å². The van der Waals surface area contributed by atoms with Crippen molar-refractivity contribution in [2.24, 2.45) is 0 Å². The van der Waals surface area contributed by atoms with Gasteiger partial charge in [0.1, 0.15) is 12.4 Å². The monoisotopic (exact) mass is 461 g/mol. The van der Waals surface area contributed by atoms with Crippen LogP contribution in [0.15, 0.2) is 12.4 Å². The first-order chi connectivity index (χ1) is 16.2. The normalized spacial score (nSPS) is 12.6. The molecule has 0 spiro atoms. The molecule has 1 rings (SSSR count). The lowest BCUT2D eigenvalue weighted by atomic mass is 9.93. The molecule has 2 heteroatoms. The van der Waals surface area contributed by atoms with Crippen molar-refractivity contribution in [1.29, 1.82) is 0 Å². The first-order valence-electron chi connectivity index (χ1n) is 15.3. The zero-order chi connectivity index (χ0) is 24.0. The second kappa shape index (κ2) is 21.7. The van der Waals surface area contributed by atoms with Crippen LogP contribution in [0.25, 0.3) is 0 Å². The van der Waals surface area contributed by atoms with E-state index in [0.29, 0.717) is 12.0 Å². The first-order valence-corrected chi connectivity index (χ1v) is 15.3. The molecular formula is C31H61N2+. The highest BCUT2D eigenvalue weighted by atomic mass is 15.1. The Morgan fingerprint density at radius 2 is 0.970 bits per heavy atom. The van der Waals surface area contributed by atoms with Crippen molar-refractivity contribution in [3.8, 4) is 0 Å². The molecule has 1 atom stereocenters. The highest BCUT2D eigenvalue weighted by Gasteiger charge is 2.25. The molecule has 0 saturated heterocycles. The van der Waals surface area contributed by atoms with E-state index >= 15 is 0 Å². The van der Waals surface area contributed by atoms with Gasteiger partial charge in [-0.3, -0.25) is 0 Å². The average Bonchev–Trinajstić information content (AvgIpc) is 3.31. The minimum atomic E-state index is 0.624. The van der Waals surface area contributed by atoms with Gasteiger partial charge in [-0.15, -0.1) is 0 Å². The molecule has 0 bridgehead atoms. The second-order valence-electron chi connectivity index (χ2n) is 10.8. The number of aromatic amines is 1. The molecule has 0 fully saturated rings. The van der Waals surface area contributed by atoms with Gasteiger partial charge in [-0.25, -0.2) is 9.55 Å². The third-order valence-corrected chi connectivity index (χ3v) is 7.64. The van der Waals surface area contributed by atoms with Gasteiger partial charge in [-0.1, -0.05) is 136 Å². The third kappa shape index (κ3) is 14.9. The summed E-state index contributed by atoms with van der Waals surface area (Å²) in [6, 6.07) is 0.624. The van der Waals surface area contributed by atoms with Crippen LogP contribution >= 0.6 is 0 Å². The summed E-state index contributed by atoms with van der Waals surface area (Å²) in [5, 5.41) is 0. The van der Waals surface area contributed by atoms with Gasteiger partial charge in [0.15, 0.2) is 0 Å². The maximum atomic E-state index is 3.67. The first kappa shape index (κ1) is 30.2. The molecule has 0 aliphatic carbocycles. The molecule has 1 heterocycles. The Hall–Kier alpha value is -0.790. The number of nitrogens with zero attached hydrogens (tertiary/aromatic N) is 1. The predicted octanol–water partition coefficient (Wildman–Crippen LogP) is 10.6. The summed E-state index contributed by atoms with van der Waals surface area (Å²) in [6.07, 6.45) is 35.3. The van der Waals surface area contributed by atoms with E-state index < -0.39 is 0 Å². The van der Waals surface area contributed by atoms with Gasteiger partial charge in [-0.2, -0.15) is 0 Å². The summed E-state index contributed by atoms with van der Waals surface area (Å²) in [4.78, 5) is 3.67. The molecule has 33 heavy (non-hydrogen) atoms. The van der Waals surface area contributed by atoms with Gasteiger partial charge in [0, 0.05) is 0 Å². The minimum Gasteiger partial charge on any atom is -0.247 e. The van der Waals surface area contributed by atoms with Crippen LogP contribution in [-0.2, 0) is 0 Å². The van der Waals surface area contributed by atoms with E-state index in [1.807, 2.05) is 0 Å². The summed E-state index contributed by atoms with van der Waals surface area (Å²) in [5.74, 6) is 2.23. The van der Waals surface area contributed by atoms with E-state index in [2.05, 4.69) is 49.6 Å². The number of hydrogen-bond acceptors (Lipinski definition) is 0. The van der Waals surface area contributed by atoms with Crippen molar-refractivity contribution >= 4 is 0 Å². The Balaban J connectivity index is 2.35. The van der Waals surface area contributed by atoms with Crippen molar-refractivity contribution in [3.63, 3.8) is 0 Å². The van der Waals surface area contributed by atoms with Crippen LogP contribution < -0.4 is 4.57 Å². The highest BCUT2D eigenvalue weighted by molar-refractivity contribution is 4.90. The number of nitrogens with one attached hydrogen (secondary N) is 1. The van der Waals surface area contributed by atoms with Gasteiger partial charge in [0.25, 0.3) is 5.82 Å². The van der Waals surface area contributed by atoms with Gasteiger partial charge < -0.3 is 0 Å². The highest BCUT2D eigenvalue weighted by Crippen LogP contribution is 2.27. The van der Waals surface area contributed by atoms with Gasteiger partial charge in [0.05, 0.1) is 12.0 Å². The van der Waals surface area contributed by atoms with Gasteiger partial charge in [0.2, 0.25) is 0 Å². The number of rotatable bonds is 24. The zero-order valence-electron chi connectivity index (χ0n) is 23.3. The summed E-state index contributed by atoms with van der Waals surface area (Å²) in [7, 11) is 0. The van der Waals surface area contributed by atoms with Crippen LogP contribution in [0.1, 0.15) is 187 Å².